The van der Waals surface area contributed by atoms with E-state index in [1.807, 2.05) is 0 Å². The fraction of sp³-hybridized carbons (Fsp3) is 0.111. The second kappa shape index (κ2) is 3.37. The van der Waals surface area contributed by atoms with Crippen LogP contribution in [0.3, 0.4) is 0 Å². The van der Waals surface area contributed by atoms with Crippen molar-refractivity contribution in [1.29, 1.82) is 0 Å². The van der Waals surface area contributed by atoms with Gasteiger partial charge in [-0.05, 0) is 28.1 Å². The normalized spacial score (nSPS) is 10.8. The van der Waals surface area contributed by atoms with Crippen LogP contribution in [0.2, 0.25) is 5.02 Å². The maximum atomic E-state index is 11.4. The van der Waals surface area contributed by atoms with Gasteiger partial charge in [0.05, 0.1) is 10.9 Å². The molecular weight excluding hydrogens is 269 g/mol. The van der Waals surface area contributed by atoms with Crippen molar-refractivity contribution in [3.63, 3.8) is 0 Å². The molecule has 0 saturated carbocycles. The number of fused-ring (bicyclic) bond motifs is 1. The first kappa shape index (κ1) is 9.68. The summed E-state index contributed by atoms with van der Waals surface area (Å²) in [7, 11) is 0. The smallest absolute Gasteiger partial charge is 0.346 e. The van der Waals surface area contributed by atoms with E-state index in [1.165, 1.54) is 0 Å². The molecule has 0 N–H and O–H groups in total. The molecule has 1 aromatic heterocycles. The minimum Gasteiger partial charge on any atom is -0.408 e. The summed E-state index contributed by atoms with van der Waals surface area (Å²) in [6, 6.07) is 3.23. The zero-order chi connectivity index (χ0) is 10.3. The van der Waals surface area contributed by atoms with Gasteiger partial charge >= 0.3 is 5.63 Å². The number of rotatable bonds is 0. The Hall–Kier alpha value is -0.870. The maximum absolute atomic E-state index is 11.4. The van der Waals surface area contributed by atoms with Gasteiger partial charge in [0, 0.05) is 16.4 Å². The molecule has 0 radical (unpaired) electrons. The second-order valence-corrected chi connectivity index (χ2v) is 4.09. The fourth-order valence-electron chi connectivity index (χ4n) is 1.20. The van der Waals surface area contributed by atoms with Crippen molar-refractivity contribution < 1.29 is 4.42 Å². The minimum absolute atomic E-state index is 0.338. The molecule has 0 fully saturated rings. The van der Waals surface area contributed by atoms with Crippen molar-refractivity contribution in [2.75, 3.05) is 0 Å². The summed E-state index contributed by atoms with van der Waals surface area (Å²) < 4.78 is 5.54. The lowest BCUT2D eigenvalue weighted by molar-refractivity contribution is 0.467. The SMILES string of the molecule is Cc1nc2c(Br)cc(Cl)cc2c(=O)o1. The number of benzene rings is 1. The summed E-state index contributed by atoms with van der Waals surface area (Å²) in [4.78, 5) is 15.5. The molecule has 0 aliphatic rings. The van der Waals surface area contributed by atoms with E-state index in [-0.39, 0.29) is 0 Å². The highest BCUT2D eigenvalue weighted by Crippen LogP contribution is 2.24. The van der Waals surface area contributed by atoms with Crippen LogP contribution in [0.5, 0.6) is 0 Å². The molecule has 0 unspecified atom stereocenters. The molecule has 0 aliphatic carbocycles. The van der Waals surface area contributed by atoms with Gasteiger partial charge in [0.1, 0.15) is 0 Å². The third-order valence-corrected chi connectivity index (χ3v) is 2.58. The van der Waals surface area contributed by atoms with Gasteiger partial charge in [-0.2, -0.15) is 0 Å². The van der Waals surface area contributed by atoms with Crippen LogP contribution in [0, 0.1) is 6.92 Å². The van der Waals surface area contributed by atoms with E-state index >= 15 is 0 Å². The summed E-state index contributed by atoms with van der Waals surface area (Å²) in [5.41, 5.74) is 0.152. The van der Waals surface area contributed by atoms with Crippen molar-refractivity contribution in [2.24, 2.45) is 0 Å². The largest absolute Gasteiger partial charge is 0.408 e. The molecule has 0 saturated heterocycles. The molecular formula is C9H5BrClNO2. The van der Waals surface area contributed by atoms with Gasteiger partial charge in [-0.25, -0.2) is 9.78 Å². The van der Waals surface area contributed by atoms with Gasteiger partial charge in [-0.1, -0.05) is 11.6 Å². The van der Waals surface area contributed by atoms with Gasteiger partial charge < -0.3 is 4.42 Å². The summed E-state index contributed by atoms with van der Waals surface area (Å²) in [5.74, 6) is 0.338. The van der Waals surface area contributed by atoms with Crippen molar-refractivity contribution >= 4 is 38.4 Å². The molecule has 0 atom stereocenters. The standard InChI is InChI=1S/C9H5BrClNO2/c1-4-12-8-6(9(13)14-4)2-5(11)3-7(8)10/h2-3H,1H3. The van der Waals surface area contributed by atoms with E-state index in [0.29, 0.717) is 26.3 Å². The minimum atomic E-state index is -0.421. The topological polar surface area (TPSA) is 43.1 Å². The van der Waals surface area contributed by atoms with Crippen LogP contribution in [-0.2, 0) is 0 Å². The highest BCUT2D eigenvalue weighted by molar-refractivity contribution is 9.10. The van der Waals surface area contributed by atoms with Crippen LogP contribution in [0.15, 0.2) is 25.8 Å². The molecule has 14 heavy (non-hydrogen) atoms. The summed E-state index contributed by atoms with van der Waals surface area (Å²) in [6.45, 7) is 1.63. The molecule has 2 aromatic rings. The third-order valence-electron chi connectivity index (χ3n) is 1.76. The monoisotopic (exact) mass is 273 g/mol. The zero-order valence-electron chi connectivity index (χ0n) is 7.17. The van der Waals surface area contributed by atoms with Crippen molar-refractivity contribution in [1.82, 2.24) is 4.98 Å². The van der Waals surface area contributed by atoms with Gasteiger partial charge in [0.15, 0.2) is 5.89 Å². The Morgan fingerprint density at radius 1 is 1.50 bits per heavy atom. The Morgan fingerprint density at radius 3 is 2.93 bits per heavy atom. The van der Waals surface area contributed by atoms with Crippen LogP contribution >= 0.6 is 27.5 Å². The molecule has 5 heteroatoms. The Balaban J connectivity index is 3.02. The zero-order valence-corrected chi connectivity index (χ0v) is 9.52. The first-order valence-electron chi connectivity index (χ1n) is 3.84. The fourth-order valence-corrected chi connectivity index (χ4v) is 2.10. The molecule has 72 valence electrons. The summed E-state index contributed by atoms with van der Waals surface area (Å²) in [5, 5.41) is 0.859. The Bertz CT molecular complexity index is 564. The predicted octanol–water partition coefficient (Wildman–Crippen LogP) is 2.91. The van der Waals surface area contributed by atoms with Gasteiger partial charge in [-0.3, -0.25) is 0 Å². The van der Waals surface area contributed by atoms with Crippen LogP contribution < -0.4 is 5.63 Å². The Labute approximate surface area is 92.8 Å². The average Bonchev–Trinajstić information content (AvgIpc) is 2.07. The molecule has 1 heterocycles. The lowest BCUT2D eigenvalue weighted by atomic mass is 10.2. The lowest BCUT2D eigenvalue weighted by Gasteiger charge is -2.00. The maximum Gasteiger partial charge on any atom is 0.346 e. The number of halogens is 2. The molecule has 2 rings (SSSR count). The van der Waals surface area contributed by atoms with Gasteiger partial charge in [0.2, 0.25) is 0 Å². The molecule has 0 amide bonds. The second-order valence-electron chi connectivity index (χ2n) is 2.80. The first-order chi connectivity index (χ1) is 6.58. The summed E-state index contributed by atoms with van der Waals surface area (Å²) >= 11 is 9.09. The number of hydrogen-bond donors (Lipinski definition) is 0. The third kappa shape index (κ3) is 1.55. The Morgan fingerprint density at radius 2 is 2.21 bits per heavy atom. The highest BCUT2D eigenvalue weighted by atomic mass is 79.9. The van der Waals surface area contributed by atoms with E-state index < -0.39 is 5.63 Å². The van der Waals surface area contributed by atoms with Crippen molar-refractivity contribution in [3.05, 3.63) is 37.9 Å². The first-order valence-corrected chi connectivity index (χ1v) is 5.01. The molecule has 0 aliphatic heterocycles. The predicted molar refractivity (Wildman–Crippen MR) is 57.7 cm³/mol. The highest BCUT2D eigenvalue weighted by Gasteiger charge is 2.08. The molecule has 0 spiro atoms. The Kier molecular flexibility index (Phi) is 2.33. The summed E-state index contributed by atoms with van der Waals surface area (Å²) in [6.07, 6.45) is 0. The van der Waals surface area contributed by atoms with Crippen LogP contribution in [-0.4, -0.2) is 4.98 Å². The van der Waals surface area contributed by atoms with Gasteiger partial charge in [-0.15, -0.1) is 0 Å². The number of aromatic nitrogens is 1. The number of hydrogen-bond acceptors (Lipinski definition) is 3. The quantitative estimate of drug-likeness (QED) is 0.742. The van der Waals surface area contributed by atoms with Crippen LogP contribution in [0.1, 0.15) is 5.89 Å². The van der Waals surface area contributed by atoms with E-state index in [0.717, 1.165) is 0 Å². The van der Waals surface area contributed by atoms with Crippen LogP contribution in [0.25, 0.3) is 10.9 Å². The van der Waals surface area contributed by atoms with E-state index in [4.69, 9.17) is 16.0 Å². The average molecular weight is 275 g/mol. The van der Waals surface area contributed by atoms with Crippen molar-refractivity contribution in [3.8, 4) is 0 Å². The van der Waals surface area contributed by atoms with E-state index in [9.17, 15) is 4.79 Å². The van der Waals surface area contributed by atoms with E-state index in [2.05, 4.69) is 20.9 Å². The number of aryl methyl sites for hydroxylation is 1. The van der Waals surface area contributed by atoms with E-state index in [1.54, 1.807) is 19.1 Å². The van der Waals surface area contributed by atoms with Crippen molar-refractivity contribution in [2.45, 2.75) is 6.92 Å². The lowest BCUT2D eigenvalue weighted by Crippen LogP contribution is -2.03. The number of nitrogens with zero attached hydrogens (tertiary/aromatic N) is 1. The van der Waals surface area contributed by atoms with Crippen LogP contribution in [0.4, 0.5) is 0 Å². The molecule has 3 nitrogen and oxygen atoms in total. The molecule has 1 aromatic carbocycles. The van der Waals surface area contributed by atoms with Gasteiger partial charge in [0.25, 0.3) is 0 Å². The molecule has 0 bridgehead atoms.